The molecule has 0 spiro atoms. The molecule has 1 unspecified atom stereocenters. The second kappa shape index (κ2) is 4.83. The number of halogens is 3. The van der Waals surface area contributed by atoms with Gasteiger partial charge in [0.25, 0.3) is 0 Å². The molecular weight excluding hydrogens is 305 g/mol. The predicted molar refractivity (Wildman–Crippen MR) is 75.0 cm³/mol. The summed E-state index contributed by atoms with van der Waals surface area (Å²) >= 11 is 2.13. The van der Waals surface area contributed by atoms with E-state index in [4.69, 9.17) is 5.73 Å². The van der Waals surface area contributed by atoms with Crippen molar-refractivity contribution < 1.29 is 13.2 Å². The molecular formula is C13H9F3N2S2. The van der Waals surface area contributed by atoms with Gasteiger partial charge in [0, 0.05) is 15.8 Å². The molecule has 3 aromatic rings. The first-order valence-electron chi connectivity index (χ1n) is 5.71. The minimum Gasteiger partial charge on any atom is -0.320 e. The molecule has 104 valence electrons. The third-order valence-corrected chi connectivity index (χ3v) is 5.03. The zero-order valence-corrected chi connectivity index (χ0v) is 11.6. The highest BCUT2D eigenvalue weighted by Crippen LogP contribution is 2.37. The number of fused-ring (bicyclic) bond motifs is 1. The van der Waals surface area contributed by atoms with Crippen LogP contribution >= 0.6 is 22.7 Å². The summed E-state index contributed by atoms with van der Waals surface area (Å²) < 4.78 is 38.8. The molecule has 2 heterocycles. The van der Waals surface area contributed by atoms with Gasteiger partial charge in [-0.15, -0.1) is 22.7 Å². The van der Waals surface area contributed by atoms with E-state index in [0.717, 1.165) is 15.6 Å². The van der Waals surface area contributed by atoms with Gasteiger partial charge in [-0.1, -0.05) is 18.2 Å². The Morgan fingerprint density at radius 2 is 1.95 bits per heavy atom. The summed E-state index contributed by atoms with van der Waals surface area (Å²) in [7, 11) is 0. The second-order valence-electron chi connectivity index (χ2n) is 4.23. The lowest BCUT2D eigenvalue weighted by Crippen LogP contribution is -2.09. The van der Waals surface area contributed by atoms with E-state index in [1.807, 2.05) is 29.6 Å². The zero-order valence-electron chi connectivity index (χ0n) is 10.0. The Morgan fingerprint density at radius 3 is 2.65 bits per heavy atom. The number of thiazole rings is 1. The number of alkyl halides is 3. The average Bonchev–Trinajstić information content (AvgIpc) is 3.04. The lowest BCUT2D eigenvalue weighted by molar-refractivity contribution is -0.137. The molecule has 2 aromatic heterocycles. The van der Waals surface area contributed by atoms with Gasteiger partial charge in [0.1, 0.15) is 0 Å². The molecule has 3 rings (SSSR count). The number of hydrogen-bond donors (Lipinski definition) is 1. The molecule has 1 atom stereocenters. The van der Waals surface area contributed by atoms with E-state index in [2.05, 4.69) is 4.98 Å². The molecule has 0 amide bonds. The van der Waals surface area contributed by atoms with Gasteiger partial charge in [-0.05, 0) is 22.4 Å². The molecule has 0 aliphatic rings. The van der Waals surface area contributed by atoms with Crippen molar-refractivity contribution in [1.82, 2.24) is 4.98 Å². The van der Waals surface area contributed by atoms with Gasteiger partial charge < -0.3 is 5.73 Å². The topological polar surface area (TPSA) is 38.9 Å². The van der Waals surface area contributed by atoms with Crippen LogP contribution < -0.4 is 5.73 Å². The standard InChI is InChI=1S/C13H9F3N2S2/c14-13(15,16)12-18-5-10(20-12)11(17)8-6-19-9-4-2-1-3-7(8)9/h1-6,11H,17H2. The van der Waals surface area contributed by atoms with E-state index in [9.17, 15) is 13.2 Å². The first-order chi connectivity index (χ1) is 9.47. The number of aromatic nitrogens is 1. The largest absolute Gasteiger partial charge is 0.443 e. The van der Waals surface area contributed by atoms with Gasteiger partial charge in [-0.25, -0.2) is 4.98 Å². The average molecular weight is 314 g/mol. The molecule has 0 fully saturated rings. The highest BCUT2D eigenvalue weighted by molar-refractivity contribution is 7.17. The van der Waals surface area contributed by atoms with Crippen LogP contribution in [-0.2, 0) is 6.18 Å². The summed E-state index contributed by atoms with van der Waals surface area (Å²) in [6.07, 6.45) is -3.20. The minimum atomic E-state index is -4.42. The second-order valence-corrected chi connectivity index (χ2v) is 6.20. The van der Waals surface area contributed by atoms with Crippen molar-refractivity contribution in [3.63, 3.8) is 0 Å². The van der Waals surface area contributed by atoms with Crippen LogP contribution in [0.5, 0.6) is 0 Å². The van der Waals surface area contributed by atoms with Crippen LogP contribution in [0, 0.1) is 0 Å². The molecule has 0 saturated carbocycles. The highest BCUT2D eigenvalue weighted by Gasteiger charge is 2.35. The zero-order chi connectivity index (χ0) is 14.3. The number of benzene rings is 1. The summed E-state index contributed by atoms with van der Waals surface area (Å²) in [6, 6.07) is 7.11. The van der Waals surface area contributed by atoms with Crippen molar-refractivity contribution in [3.05, 3.63) is 51.3 Å². The summed E-state index contributed by atoms with van der Waals surface area (Å²) in [5.41, 5.74) is 6.93. The van der Waals surface area contributed by atoms with Gasteiger partial charge in [-0.2, -0.15) is 13.2 Å². The van der Waals surface area contributed by atoms with Gasteiger partial charge in [-0.3, -0.25) is 0 Å². The van der Waals surface area contributed by atoms with Gasteiger partial charge in [0.05, 0.1) is 6.04 Å². The van der Waals surface area contributed by atoms with E-state index in [1.165, 1.54) is 17.5 Å². The van der Waals surface area contributed by atoms with E-state index < -0.39 is 17.2 Å². The lowest BCUT2D eigenvalue weighted by Gasteiger charge is -2.08. The fraction of sp³-hybridized carbons (Fsp3) is 0.154. The van der Waals surface area contributed by atoms with E-state index in [-0.39, 0.29) is 0 Å². The Kier molecular flexibility index (Phi) is 3.27. The molecule has 0 bridgehead atoms. The Hall–Kier alpha value is -1.44. The Morgan fingerprint density at radius 1 is 1.20 bits per heavy atom. The molecule has 0 radical (unpaired) electrons. The fourth-order valence-electron chi connectivity index (χ4n) is 1.95. The first kappa shape index (κ1) is 13.5. The third-order valence-electron chi connectivity index (χ3n) is 2.92. The van der Waals surface area contributed by atoms with Crippen LogP contribution in [0.3, 0.4) is 0 Å². The van der Waals surface area contributed by atoms with Gasteiger partial charge in [0.2, 0.25) is 0 Å². The SMILES string of the molecule is NC(c1cnc(C(F)(F)F)s1)c1csc2ccccc12. The normalized spacial score (nSPS) is 13.8. The lowest BCUT2D eigenvalue weighted by atomic mass is 10.1. The van der Waals surface area contributed by atoms with Gasteiger partial charge >= 0.3 is 6.18 Å². The van der Waals surface area contributed by atoms with Crippen molar-refractivity contribution in [2.24, 2.45) is 5.73 Å². The quantitative estimate of drug-likeness (QED) is 0.760. The van der Waals surface area contributed by atoms with E-state index in [1.54, 1.807) is 0 Å². The van der Waals surface area contributed by atoms with Crippen molar-refractivity contribution in [2.45, 2.75) is 12.2 Å². The van der Waals surface area contributed by atoms with E-state index >= 15 is 0 Å². The molecule has 2 nitrogen and oxygen atoms in total. The third kappa shape index (κ3) is 2.32. The number of rotatable bonds is 2. The summed E-state index contributed by atoms with van der Waals surface area (Å²) in [4.78, 5) is 3.83. The number of hydrogen-bond acceptors (Lipinski definition) is 4. The van der Waals surface area contributed by atoms with Crippen LogP contribution in [-0.4, -0.2) is 4.98 Å². The molecule has 2 N–H and O–H groups in total. The molecule has 1 aromatic carbocycles. The molecule has 0 saturated heterocycles. The maximum atomic E-state index is 12.6. The van der Waals surface area contributed by atoms with Crippen LogP contribution in [0.15, 0.2) is 35.8 Å². The van der Waals surface area contributed by atoms with Crippen LogP contribution in [0.25, 0.3) is 10.1 Å². The summed E-state index contributed by atoms with van der Waals surface area (Å²) in [5, 5.41) is 2.01. The predicted octanol–water partition coefficient (Wildman–Crippen LogP) is 4.42. The number of nitrogens with two attached hydrogens (primary N) is 1. The van der Waals surface area contributed by atoms with Crippen molar-refractivity contribution in [1.29, 1.82) is 0 Å². The van der Waals surface area contributed by atoms with E-state index in [0.29, 0.717) is 16.2 Å². The fourth-order valence-corrected chi connectivity index (χ4v) is 3.76. The van der Waals surface area contributed by atoms with Crippen LogP contribution in [0.4, 0.5) is 13.2 Å². The first-order valence-corrected chi connectivity index (χ1v) is 7.41. The highest BCUT2D eigenvalue weighted by atomic mass is 32.1. The maximum Gasteiger partial charge on any atom is 0.443 e. The van der Waals surface area contributed by atoms with Crippen molar-refractivity contribution in [2.75, 3.05) is 0 Å². The maximum absolute atomic E-state index is 12.6. The Bertz CT molecular complexity index is 745. The molecule has 0 aliphatic heterocycles. The molecule has 7 heteroatoms. The van der Waals surface area contributed by atoms with Crippen molar-refractivity contribution >= 4 is 32.8 Å². The Balaban J connectivity index is 2.00. The molecule has 20 heavy (non-hydrogen) atoms. The summed E-state index contributed by atoms with van der Waals surface area (Å²) in [6.45, 7) is 0. The monoisotopic (exact) mass is 314 g/mol. The Labute approximate surface area is 120 Å². The van der Waals surface area contributed by atoms with Gasteiger partial charge in [0.15, 0.2) is 5.01 Å². The summed E-state index contributed by atoms with van der Waals surface area (Å²) in [5.74, 6) is 0. The molecule has 0 aliphatic carbocycles. The van der Waals surface area contributed by atoms with Crippen LogP contribution in [0.1, 0.15) is 21.5 Å². The minimum absolute atomic E-state index is 0.417. The number of nitrogens with zero attached hydrogens (tertiary/aromatic N) is 1. The van der Waals surface area contributed by atoms with Crippen molar-refractivity contribution in [3.8, 4) is 0 Å². The number of thiophene rings is 1. The smallest absolute Gasteiger partial charge is 0.320 e. The van der Waals surface area contributed by atoms with Crippen LogP contribution in [0.2, 0.25) is 0 Å².